The highest BCUT2D eigenvalue weighted by Crippen LogP contribution is 2.44. The Morgan fingerprint density at radius 2 is 1.90 bits per heavy atom. The summed E-state index contributed by atoms with van der Waals surface area (Å²) in [6.45, 7) is 3.00. The normalized spacial score (nSPS) is 16.6. The fraction of sp³-hybridized carbons (Fsp3) is 0.344. The molecule has 8 heteroatoms. The van der Waals surface area contributed by atoms with Crippen molar-refractivity contribution in [2.45, 2.75) is 38.2 Å². The van der Waals surface area contributed by atoms with E-state index in [9.17, 15) is 19.5 Å². The minimum absolute atomic E-state index is 0.185. The maximum Gasteiger partial charge on any atom is 0.406 e. The first kappa shape index (κ1) is 29.0. The van der Waals surface area contributed by atoms with Crippen LogP contribution < -0.4 is 5.32 Å². The number of methoxy groups -OCH3 is 1. The summed E-state index contributed by atoms with van der Waals surface area (Å²) >= 11 is 0. The Morgan fingerprint density at radius 1 is 1.15 bits per heavy atom. The summed E-state index contributed by atoms with van der Waals surface area (Å²) < 4.78 is 20.2. The van der Waals surface area contributed by atoms with Gasteiger partial charge in [-0.3, -0.25) is 9.59 Å². The summed E-state index contributed by atoms with van der Waals surface area (Å²) in [5, 5.41) is 15.2. The van der Waals surface area contributed by atoms with Gasteiger partial charge < -0.3 is 20.1 Å². The number of carbonyl (C=O) groups excluding carboxylic acids is 3. The van der Waals surface area contributed by atoms with Gasteiger partial charge in [0, 0.05) is 42.2 Å². The van der Waals surface area contributed by atoms with Crippen LogP contribution >= 0.6 is 0 Å². The van der Waals surface area contributed by atoms with Crippen LogP contribution in [0.5, 0.6) is 0 Å². The van der Waals surface area contributed by atoms with Gasteiger partial charge >= 0.3 is 6.09 Å². The number of hydrogen-bond donors (Lipinski definition) is 2. The molecule has 3 aromatic rings. The monoisotopic (exact) mass is 546 g/mol. The van der Waals surface area contributed by atoms with Gasteiger partial charge in [-0.1, -0.05) is 54.1 Å². The van der Waals surface area contributed by atoms with Crippen molar-refractivity contribution in [1.29, 1.82) is 0 Å². The van der Waals surface area contributed by atoms with E-state index >= 15 is 4.39 Å². The Balaban J connectivity index is 1.70. The van der Waals surface area contributed by atoms with Crippen molar-refractivity contribution in [3.8, 4) is 11.1 Å². The van der Waals surface area contributed by atoms with E-state index in [2.05, 4.69) is 10.1 Å². The first-order valence-corrected chi connectivity index (χ1v) is 13.5. The van der Waals surface area contributed by atoms with Gasteiger partial charge in [-0.2, -0.15) is 0 Å². The molecule has 1 saturated heterocycles. The summed E-state index contributed by atoms with van der Waals surface area (Å²) in [6.07, 6.45) is 2.11. The van der Waals surface area contributed by atoms with Crippen LogP contribution in [0.2, 0.25) is 0 Å². The molecule has 0 bridgehead atoms. The summed E-state index contributed by atoms with van der Waals surface area (Å²) in [7, 11) is 1.28. The SMILES string of the molecule is COC(=O)NCCCC(O)(c1cccc(F)c1-c1cccc(C)c1)[C@@H]1CCCN(C(=O)c2ccc(C=O)cc2)C1. The summed E-state index contributed by atoms with van der Waals surface area (Å²) in [4.78, 5) is 37.7. The van der Waals surface area contributed by atoms with E-state index in [1.165, 1.54) is 13.2 Å². The number of ether oxygens (including phenoxy) is 1. The molecule has 1 unspecified atom stereocenters. The number of rotatable bonds is 9. The Bertz CT molecular complexity index is 1360. The average Bonchev–Trinajstić information content (AvgIpc) is 2.98. The summed E-state index contributed by atoms with van der Waals surface area (Å²) in [6, 6.07) is 18.7. The molecular weight excluding hydrogens is 511 g/mol. The second kappa shape index (κ2) is 12.9. The molecule has 4 rings (SSSR count). The highest BCUT2D eigenvalue weighted by Gasteiger charge is 2.43. The molecule has 1 aliphatic rings. The Hall–Kier alpha value is -4.04. The van der Waals surface area contributed by atoms with E-state index in [0.717, 1.165) is 11.8 Å². The van der Waals surface area contributed by atoms with Crippen LogP contribution in [0.15, 0.2) is 66.7 Å². The quantitative estimate of drug-likeness (QED) is 0.273. The molecule has 7 nitrogen and oxygen atoms in total. The number of benzene rings is 3. The fourth-order valence-corrected chi connectivity index (χ4v) is 5.60. The number of carbonyl (C=O) groups is 3. The zero-order valence-corrected chi connectivity index (χ0v) is 22.9. The van der Waals surface area contributed by atoms with Crippen molar-refractivity contribution in [3.63, 3.8) is 0 Å². The largest absolute Gasteiger partial charge is 0.453 e. The molecule has 2 atom stereocenters. The van der Waals surface area contributed by atoms with Crippen LogP contribution in [0.25, 0.3) is 11.1 Å². The molecule has 1 aliphatic heterocycles. The van der Waals surface area contributed by atoms with E-state index in [0.29, 0.717) is 53.6 Å². The van der Waals surface area contributed by atoms with E-state index < -0.39 is 17.5 Å². The first-order chi connectivity index (χ1) is 19.3. The molecule has 0 radical (unpaired) electrons. The number of hydrogen-bond acceptors (Lipinski definition) is 5. The molecule has 3 aromatic carbocycles. The number of piperidine rings is 1. The zero-order chi connectivity index (χ0) is 28.7. The van der Waals surface area contributed by atoms with Crippen molar-refractivity contribution in [2.75, 3.05) is 26.7 Å². The van der Waals surface area contributed by atoms with Gasteiger partial charge in [0.25, 0.3) is 5.91 Å². The zero-order valence-electron chi connectivity index (χ0n) is 22.9. The van der Waals surface area contributed by atoms with Crippen LogP contribution in [0.1, 0.15) is 57.5 Å². The van der Waals surface area contributed by atoms with Crippen LogP contribution in [0.4, 0.5) is 9.18 Å². The number of halogens is 1. The molecule has 0 saturated carbocycles. The van der Waals surface area contributed by atoms with Gasteiger partial charge in [0.2, 0.25) is 0 Å². The van der Waals surface area contributed by atoms with Crippen molar-refractivity contribution in [1.82, 2.24) is 10.2 Å². The third-order valence-electron chi connectivity index (χ3n) is 7.65. The number of likely N-dealkylation sites (tertiary alicyclic amines) is 1. The van der Waals surface area contributed by atoms with E-state index in [1.807, 2.05) is 31.2 Å². The van der Waals surface area contributed by atoms with Crippen LogP contribution in [0, 0.1) is 18.7 Å². The molecule has 2 amide bonds. The van der Waals surface area contributed by atoms with Crippen LogP contribution in [-0.2, 0) is 10.3 Å². The number of aryl methyl sites for hydroxylation is 1. The molecular formula is C32H35FN2O5. The second-order valence-corrected chi connectivity index (χ2v) is 10.3. The number of nitrogens with zero attached hydrogens (tertiary/aromatic N) is 1. The lowest BCUT2D eigenvalue weighted by Crippen LogP contribution is -2.48. The minimum atomic E-state index is -1.49. The van der Waals surface area contributed by atoms with E-state index in [4.69, 9.17) is 0 Å². The third-order valence-corrected chi connectivity index (χ3v) is 7.65. The number of aldehydes is 1. The molecule has 0 aromatic heterocycles. The highest BCUT2D eigenvalue weighted by atomic mass is 19.1. The molecule has 1 fully saturated rings. The number of nitrogens with one attached hydrogen (secondary N) is 1. The van der Waals surface area contributed by atoms with Crippen molar-refractivity contribution >= 4 is 18.3 Å². The number of amides is 2. The lowest BCUT2D eigenvalue weighted by atomic mass is 9.72. The van der Waals surface area contributed by atoms with Gasteiger partial charge in [-0.25, -0.2) is 9.18 Å². The van der Waals surface area contributed by atoms with E-state index in [1.54, 1.807) is 41.3 Å². The third kappa shape index (κ3) is 6.39. The Morgan fingerprint density at radius 3 is 2.60 bits per heavy atom. The number of alkyl carbamates (subject to hydrolysis) is 1. The topological polar surface area (TPSA) is 95.9 Å². The van der Waals surface area contributed by atoms with Gasteiger partial charge in [0.1, 0.15) is 12.1 Å². The predicted molar refractivity (Wildman–Crippen MR) is 151 cm³/mol. The van der Waals surface area contributed by atoms with Crippen LogP contribution in [0.3, 0.4) is 0 Å². The lowest BCUT2D eigenvalue weighted by Gasteiger charge is -2.43. The van der Waals surface area contributed by atoms with Crippen molar-refractivity contribution < 1.29 is 28.6 Å². The molecule has 2 N–H and O–H groups in total. The average molecular weight is 547 g/mol. The number of aliphatic hydroxyl groups is 1. The minimum Gasteiger partial charge on any atom is -0.453 e. The van der Waals surface area contributed by atoms with Crippen molar-refractivity contribution in [2.24, 2.45) is 5.92 Å². The van der Waals surface area contributed by atoms with Gasteiger partial charge in [-0.15, -0.1) is 0 Å². The highest BCUT2D eigenvalue weighted by molar-refractivity contribution is 5.95. The molecule has 0 spiro atoms. The fourth-order valence-electron chi connectivity index (χ4n) is 5.60. The smallest absolute Gasteiger partial charge is 0.406 e. The Kier molecular flexibility index (Phi) is 9.32. The van der Waals surface area contributed by atoms with Gasteiger partial charge in [0.15, 0.2) is 0 Å². The molecule has 1 heterocycles. The maximum atomic E-state index is 15.5. The predicted octanol–water partition coefficient (Wildman–Crippen LogP) is 5.49. The first-order valence-electron chi connectivity index (χ1n) is 13.5. The van der Waals surface area contributed by atoms with Crippen molar-refractivity contribution in [3.05, 3.63) is 94.8 Å². The van der Waals surface area contributed by atoms with Gasteiger partial charge in [-0.05, 0) is 61.9 Å². The summed E-state index contributed by atoms with van der Waals surface area (Å²) in [5.41, 5.74) is 1.89. The molecule has 0 aliphatic carbocycles. The second-order valence-electron chi connectivity index (χ2n) is 10.3. The lowest BCUT2D eigenvalue weighted by molar-refractivity contribution is -0.0564. The standard InChI is InChI=1S/C32H35FN2O5/c1-22-7-3-8-25(19-22)29-27(10-4-11-28(29)33)32(39,16-6-17-34-31(38)40-2)26-9-5-18-35(20-26)30(37)24-14-12-23(21-36)13-15-24/h3-4,7-8,10-15,19,21,26,39H,5-6,9,16-18,20H2,1-2H3,(H,34,38)/t26-,32?/m1/s1. The van der Waals surface area contributed by atoms with Crippen LogP contribution in [-0.4, -0.2) is 55.0 Å². The van der Waals surface area contributed by atoms with Gasteiger partial charge in [0.05, 0.1) is 12.7 Å². The maximum absolute atomic E-state index is 15.5. The molecule has 210 valence electrons. The Labute approximate surface area is 234 Å². The summed E-state index contributed by atoms with van der Waals surface area (Å²) in [5.74, 6) is -1.01. The molecule has 40 heavy (non-hydrogen) atoms. The van der Waals surface area contributed by atoms with E-state index in [-0.39, 0.29) is 31.3 Å².